The summed E-state index contributed by atoms with van der Waals surface area (Å²) in [5.41, 5.74) is 0.996. The highest BCUT2D eigenvalue weighted by Gasteiger charge is 2.10. The second-order valence-corrected chi connectivity index (χ2v) is 6.67. The van der Waals surface area contributed by atoms with E-state index >= 15 is 0 Å². The number of hydrogen-bond donors (Lipinski definition) is 1. The molecule has 2 aromatic rings. The van der Waals surface area contributed by atoms with Gasteiger partial charge in [-0.3, -0.25) is 4.79 Å². The van der Waals surface area contributed by atoms with Crippen LogP contribution in [0.15, 0.2) is 22.7 Å². The normalized spacial score (nSPS) is 10.9. The van der Waals surface area contributed by atoms with Gasteiger partial charge in [0.1, 0.15) is 0 Å². The molecule has 0 atom stereocenters. The third kappa shape index (κ3) is 4.01. The van der Waals surface area contributed by atoms with Crippen molar-refractivity contribution in [2.24, 2.45) is 0 Å². The van der Waals surface area contributed by atoms with Crippen LogP contribution in [0.5, 0.6) is 0 Å². The number of rotatable bonds is 6. The number of amides is 1. The van der Waals surface area contributed by atoms with Crippen LogP contribution in [-0.2, 0) is 11.2 Å². The van der Waals surface area contributed by atoms with E-state index in [1.54, 1.807) is 16.2 Å². The second kappa shape index (κ2) is 7.15. The van der Waals surface area contributed by atoms with Crippen LogP contribution < -0.4 is 5.32 Å². The molecule has 0 saturated heterocycles. The van der Waals surface area contributed by atoms with Crippen molar-refractivity contribution in [3.63, 3.8) is 0 Å². The molecule has 4 nitrogen and oxygen atoms in total. The van der Waals surface area contributed by atoms with Gasteiger partial charge in [0.05, 0.1) is 15.2 Å². The third-order valence-electron chi connectivity index (χ3n) is 3.07. The minimum atomic E-state index is 0.167. The molecule has 1 N–H and O–H groups in total. The molecule has 0 aliphatic carbocycles. The lowest BCUT2D eigenvalue weighted by Crippen LogP contribution is -2.32. The van der Waals surface area contributed by atoms with E-state index < -0.39 is 0 Å². The number of hydrogen-bond acceptors (Lipinski definition) is 4. The van der Waals surface area contributed by atoms with Crippen LogP contribution in [0.3, 0.4) is 0 Å². The quantitative estimate of drug-likeness (QED) is 0.866. The molecule has 1 aromatic carbocycles. The van der Waals surface area contributed by atoms with Crippen LogP contribution in [-0.4, -0.2) is 43.0 Å². The van der Waals surface area contributed by atoms with E-state index in [1.165, 1.54) is 4.70 Å². The Hall–Kier alpha value is -0.980. The maximum atomic E-state index is 12.0. The number of carbonyl (C=O) groups is 1. The fourth-order valence-corrected chi connectivity index (χ4v) is 3.16. The summed E-state index contributed by atoms with van der Waals surface area (Å²) in [7, 11) is 3.73. The molecule has 108 valence electrons. The van der Waals surface area contributed by atoms with Gasteiger partial charge in [-0.05, 0) is 25.2 Å². The minimum absolute atomic E-state index is 0.167. The van der Waals surface area contributed by atoms with E-state index in [9.17, 15) is 4.79 Å². The van der Waals surface area contributed by atoms with Crippen molar-refractivity contribution in [1.29, 1.82) is 0 Å². The molecule has 0 spiro atoms. The van der Waals surface area contributed by atoms with Crippen LogP contribution in [0.4, 0.5) is 0 Å². The van der Waals surface area contributed by atoms with Gasteiger partial charge in [0, 0.05) is 37.5 Å². The van der Waals surface area contributed by atoms with Crippen molar-refractivity contribution in [2.45, 2.75) is 12.8 Å². The number of fused-ring (bicyclic) bond motifs is 1. The fourth-order valence-electron chi connectivity index (χ4n) is 1.86. The zero-order chi connectivity index (χ0) is 14.5. The molecule has 1 aromatic heterocycles. The van der Waals surface area contributed by atoms with Gasteiger partial charge < -0.3 is 10.2 Å². The maximum Gasteiger partial charge on any atom is 0.222 e. The number of benzene rings is 1. The second-order valence-electron chi connectivity index (χ2n) is 4.64. The highest BCUT2D eigenvalue weighted by atomic mass is 79.9. The van der Waals surface area contributed by atoms with E-state index in [-0.39, 0.29) is 5.91 Å². The number of thiazole rings is 1. The average molecular weight is 356 g/mol. The van der Waals surface area contributed by atoms with Gasteiger partial charge in [0.2, 0.25) is 5.91 Å². The van der Waals surface area contributed by atoms with Crippen LogP contribution in [0.1, 0.15) is 11.4 Å². The molecular weight excluding hydrogens is 338 g/mol. The van der Waals surface area contributed by atoms with Crippen molar-refractivity contribution in [2.75, 3.05) is 27.2 Å². The number of aromatic nitrogens is 1. The molecular formula is C14H18BrN3OS. The van der Waals surface area contributed by atoms with Gasteiger partial charge in [-0.15, -0.1) is 11.3 Å². The summed E-state index contributed by atoms with van der Waals surface area (Å²) in [6, 6.07) is 6.08. The number of carbonyl (C=O) groups excluding carboxylic acids is 1. The summed E-state index contributed by atoms with van der Waals surface area (Å²) in [5.74, 6) is 0.167. The zero-order valence-electron chi connectivity index (χ0n) is 11.6. The number of halogens is 1. The lowest BCUT2D eigenvalue weighted by Gasteiger charge is -2.16. The molecule has 1 heterocycles. The molecule has 0 saturated carbocycles. The maximum absolute atomic E-state index is 12.0. The minimum Gasteiger partial charge on any atom is -0.344 e. The van der Waals surface area contributed by atoms with Crippen LogP contribution >= 0.6 is 27.3 Å². The Balaban J connectivity index is 1.93. The third-order valence-corrected chi connectivity index (χ3v) is 4.66. The smallest absolute Gasteiger partial charge is 0.222 e. The SMILES string of the molecule is CNCCN(C)C(=O)CCc1nc2cc(Br)ccc2s1. The van der Waals surface area contributed by atoms with E-state index in [2.05, 4.69) is 32.3 Å². The van der Waals surface area contributed by atoms with Crippen molar-refractivity contribution >= 4 is 43.4 Å². The standard InChI is InChI=1S/C14H18BrN3OS/c1-16-7-8-18(2)14(19)6-5-13-17-11-9-10(15)3-4-12(11)20-13/h3-4,9,16H,5-8H2,1-2H3. The largest absolute Gasteiger partial charge is 0.344 e. The molecule has 0 unspecified atom stereocenters. The fraction of sp³-hybridized carbons (Fsp3) is 0.429. The first-order chi connectivity index (χ1) is 9.60. The Bertz CT molecular complexity index is 599. The Labute approximate surface area is 131 Å². The van der Waals surface area contributed by atoms with E-state index in [0.717, 1.165) is 28.1 Å². The van der Waals surface area contributed by atoms with E-state index in [4.69, 9.17) is 0 Å². The van der Waals surface area contributed by atoms with Crippen molar-refractivity contribution in [3.8, 4) is 0 Å². The molecule has 0 radical (unpaired) electrons. The van der Waals surface area contributed by atoms with Gasteiger partial charge in [-0.1, -0.05) is 15.9 Å². The molecule has 6 heteroatoms. The van der Waals surface area contributed by atoms with Crippen molar-refractivity contribution < 1.29 is 4.79 Å². The van der Waals surface area contributed by atoms with Gasteiger partial charge in [-0.25, -0.2) is 4.98 Å². The van der Waals surface area contributed by atoms with Crippen LogP contribution in [0.2, 0.25) is 0 Å². The first-order valence-corrected chi connectivity index (χ1v) is 8.14. The molecule has 0 aliphatic heterocycles. The Morgan fingerprint density at radius 3 is 3.05 bits per heavy atom. The predicted molar refractivity (Wildman–Crippen MR) is 87.2 cm³/mol. The van der Waals surface area contributed by atoms with Crippen LogP contribution in [0, 0.1) is 0 Å². The lowest BCUT2D eigenvalue weighted by molar-refractivity contribution is -0.129. The van der Waals surface area contributed by atoms with Crippen LogP contribution in [0.25, 0.3) is 10.2 Å². The number of nitrogens with zero attached hydrogens (tertiary/aromatic N) is 2. The highest BCUT2D eigenvalue weighted by Crippen LogP contribution is 2.25. The Morgan fingerprint density at radius 2 is 2.30 bits per heavy atom. The summed E-state index contributed by atoms with van der Waals surface area (Å²) in [6.45, 7) is 1.56. The van der Waals surface area contributed by atoms with Crippen molar-refractivity contribution in [3.05, 3.63) is 27.7 Å². The summed E-state index contributed by atoms with van der Waals surface area (Å²) in [5, 5.41) is 4.06. The number of likely N-dealkylation sites (N-methyl/N-ethyl adjacent to an activating group) is 2. The first kappa shape index (κ1) is 15.4. The number of aryl methyl sites for hydroxylation is 1. The highest BCUT2D eigenvalue weighted by molar-refractivity contribution is 9.10. The molecule has 20 heavy (non-hydrogen) atoms. The Morgan fingerprint density at radius 1 is 1.50 bits per heavy atom. The zero-order valence-corrected chi connectivity index (χ0v) is 14.1. The van der Waals surface area contributed by atoms with Gasteiger partial charge >= 0.3 is 0 Å². The topological polar surface area (TPSA) is 45.2 Å². The van der Waals surface area contributed by atoms with Crippen molar-refractivity contribution in [1.82, 2.24) is 15.2 Å². The Kier molecular flexibility index (Phi) is 5.51. The van der Waals surface area contributed by atoms with Gasteiger partial charge in [0.15, 0.2) is 0 Å². The first-order valence-electron chi connectivity index (χ1n) is 6.53. The van der Waals surface area contributed by atoms with Gasteiger partial charge in [0.25, 0.3) is 0 Å². The lowest BCUT2D eigenvalue weighted by atomic mass is 10.3. The summed E-state index contributed by atoms with van der Waals surface area (Å²) >= 11 is 5.11. The molecule has 0 bridgehead atoms. The molecule has 0 fully saturated rings. The summed E-state index contributed by atoms with van der Waals surface area (Å²) < 4.78 is 2.20. The molecule has 0 aliphatic rings. The summed E-state index contributed by atoms with van der Waals surface area (Å²) in [6.07, 6.45) is 1.22. The summed E-state index contributed by atoms with van der Waals surface area (Å²) in [4.78, 5) is 18.3. The number of nitrogens with one attached hydrogen (secondary N) is 1. The average Bonchev–Trinajstić information content (AvgIpc) is 2.83. The molecule has 1 amide bonds. The molecule has 2 rings (SSSR count). The predicted octanol–water partition coefficient (Wildman–Crippen LogP) is 2.67. The van der Waals surface area contributed by atoms with E-state index in [1.807, 2.05) is 26.2 Å². The monoisotopic (exact) mass is 355 g/mol. The van der Waals surface area contributed by atoms with Gasteiger partial charge in [-0.2, -0.15) is 0 Å². The van der Waals surface area contributed by atoms with E-state index in [0.29, 0.717) is 12.8 Å².